The van der Waals surface area contributed by atoms with Crippen molar-refractivity contribution in [1.29, 1.82) is 0 Å². The highest BCUT2D eigenvalue weighted by Crippen LogP contribution is 2.34. The van der Waals surface area contributed by atoms with E-state index >= 15 is 0 Å². The number of piperidine rings is 1. The molecule has 0 aliphatic carbocycles. The van der Waals surface area contributed by atoms with Crippen molar-refractivity contribution in [2.45, 2.75) is 34.7 Å². The monoisotopic (exact) mass is 474 g/mol. The molecule has 1 heterocycles. The Morgan fingerprint density at radius 3 is 2.41 bits per heavy atom. The van der Waals surface area contributed by atoms with Gasteiger partial charge in [-0.25, -0.2) is 18.0 Å². The minimum atomic E-state index is -5.41. The Hall–Kier alpha value is -1.34. The quantitative estimate of drug-likeness (QED) is 0.385. The Labute approximate surface area is 176 Å². The van der Waals surface area contributed by atoms with Crippen LogP contribution in [0.2, 0.25) is 5.02 Å². The maximum Gasteiger partial charge on any atom is 0.491 e. The lowest BCUT2D eigenvalue weighted by atomic mass is 9.88. The third kappa shape index (κ3) is 6.07. The molecule has 1 fully saturated rings. The van der Waals surface area contributed by atoms with Crippen LogP contribution < -0.4 is 4.72 Å². The van der Waals surface area contributed by atoms with Crippen LogP contribution in [0, 0.1) is 0 Å². The topological polar surface area (TPSA) is 92.8 Å². The first-order valence-corrected chi connectivity index (χ1v) is 10.6. The van der Waals surface area contributed by atoms with Gasteiger partial charge in [-0.3, -0.25) is 0 Å². The van der Waals surface area contributed by atoms with Crippen molar-refractivity contribution in [3.05, 3.63) is 29.3 Å². The van der Waals surface area contributed by atoms with Crippen LogP contribution >= 0.6 is 24.2 Å². The van der Waals surface area contributed by atoms with Gasteiger partial charge in [-0.1, -0.05) is 17.7 Å². The zero-order chi connectivity index (χ0) is 22.0. The molecule has 1 aromatic carbocycles. The van der Waals surface area contributed by atoms with Crippen LogP contribution in [-0.4, -0.2) is 62.4 Å². The first-order valence-electron chi connectivity index (χ1n) is 8.26. The summed E-state index contributed by atoms with van der Waals surface area (Å²) in [6, 6.07) is 3.23. The second kappa shape index (κ2) is 8.80. The number of halogens is 4. The van der Waals surface area contributed by atoms with Gasteiger partial charge in [-0.2, -0.15) is 30.5 Å². The third-order valence-corrected chi connectivity index (χ3v) is 6.79. The summed E-state index contributed by atoms with van der Waals surface area (Å²) in [4.78, 5) is 25.1. The number of benzene rings is 1. The summed E-state index contributed by atoms with van der Waals surface area (Å²) < 4.78 is 67.5. The van der Waals surface area contributed by atoms with Crippen LogP contribution in [0.25, 0.3) is 0 Å². The Balaban J connectivity index is 2.36. The van der Waals surface area contributed by atoms with Crippen LogP contribution in [-0.2, 0) is 24.3 Å². The predicted molar refractivity (Wildman–Crippen MR) is 101 cm³/mol. The summed E-state index contributed by atoms with van der Waals surface area (Å²) in [6.45, 7) is 0.804. The minimum Gasteiger partial charge on any atom is -0.385 e. The smallest absolute Gasteiger partial charge is 0.385 e. The summed E-state index contributed by atoms with van der Waals surface area (Å²) in [6.07, 6.45) is -5.10. The summed E-state index contributed by atoms with van der Waals surface area (Å²) in [5, 5.41) is 0.0964. The van der Waals surface area contributed by atoms with Crippen LogP contribution in [0.4, 0.5) is 13.2 Å². The lowest BCUT2D eigenvalue weighted by Gasteiger charge is -2.41. The number of nitrogens with one attached hydrogen (secondary N) is 1. The van der Waals surface area contributed by atoms with Gasteiger partial charge >= 0.3 is 18.1 Å². The molecule has 0 spiro atoms. The Kier molecular flexibility index (Phi) is 7.26. The Bertz CT molecular complexity index is 887. The molecule has 0 unspecified atom stereocenters. The van der Waals surface area contributed by atoms with Gasteiger partial charge in [0.1, 0.15) is 6.04 Å². The predicted octanol–water partition coefficient (Wildman–Crippen LogP) is 2.01. The molecule has 1 aliphatic heterocycles. The van der Waals surface area contributed by atoms with E-state index in [0.717, 1.165) is 6.07 Å². The van der Waals surface area contributed by atoms with Crippen molar-refractivity contribution in [1.82, 2.24) is 9.62 Å². The van der Waals surface area contributed by atoms with E-state index in [9.17, 15) is 31.2 Å². The van der Waals surface area contributed by atoms with Crippen molar-refractivity contribution in [3.63, 3.8) is 0 Å². The normalized spacial score (nSPS) is 18.8. The number of carbonyl (C=O) groups excluding carboxylic acids is 2. The van der Waals surface area contributed by atoms with Crippen LogP contribution in [0.5, 0.6) is 0 Å². The first-order chi connectivity index (χ1) is 13.2. The van der Waals surface area contributed by atoms with Crippen molar-refractivity contribution in [2.75, 3.05) is 20.1 Å². The molecule has 0 radical (unpaired) electrons. The number of hydrogen-bond acceptors (Lipinski definition) is 7. The Morgan fingerprint density at radius 2 is 1.90 bits per heavy atom. The van der Waals surface area contributed by atoms with E-state index in [1.807, 2.05) is 9.62 Å². The number of hydrogen-bond donors (Lipinski definition) is 2. The van der Waals surface area contributed by atoms with E-state index < -0.39 is 38.9 Å². The molecule has 2 rings (SSSR count). The fourth-order valence-electron chi connectivity index (χ4n) is 2.74. The number of alkyl halides is 3. The first kappa shape index (κ1) is 23.9. The zero-order valence-electron chi connectivity index (χ0n) is 15.1. The van der Waals surface area contributed by atoms with Gasteiger partial charge in [0.05, 0.1) is 4.90 Å². The molecular formula is C16H18ClF3N2O5S2. The van der Waals surface area contributed by atoms with E-state index in [-0.39, 0.29) is 22.8 Å². The Morgan fingerprint density at radius 1 is 1.31 bits per heavy atom. The number of esters is 2. The molecule has 162 valence electrons. The molecule has 1 N–H and O–H groups in total. The average Bonchev–Trinajstić information content (AvgIpc) is 2.61. The molecule has 1 saturated heterocycles. The zero-order valence-corrected chi connectivity index (χ0v) is 17.5. The van der Waals surface area contributed by atoms with E-state index in [0.29, 0.717) is 13.1 Å². The van der Waals surface area contributed by atoms with E-state index in [4.69, 9.17) is 11.6 Å². The molecule has 13 heteroatoms. The number of sulfonamides is 1. The molecule has 1 aliphatic rings. The maximum atomic E-state index is 12.7. The van der Waals surface area contributed by atoms with Gasteiger partial charge in [-0.05, 0) is 51.2 Å². The standard InChI is InChI=1S/C16H18ClF3N2O5S2/c1-22-7-5-15(28,6-8-22)12(13(23)27-14(24)16(18,19)20)21-29(25,26)11-4-2-3-10(17)9-11/h2-4,9,12,21,28H,5-8H2,1H3/t12-/m0/s1. The highest BCUT2D eigenvalue weighted by Gasteiger charge is 2.49. The van der Waals surface area contributed by atoms with Gasteiger partial charge < -0.3 is 9.64 Å². The highest BCUT2D eigenvalue weighted by atomic mass is 35.5. The van der Waals surface area contributed by atoms with Gasteiger partial charge in [0.25, 0.3) is 0 Å². The number of rotatable bonds is 5. The second-order valence-electron chi connectivity index (χ2n) is 6.62. The number of ether oxygens (including phenoxy) is 1. The summed E-state index contributed by atoms with van der Waals surface area (Å²) in [5.41, 5.74) is 0. The SMILES string of the molecule is CN1CCC(S)([C@@H](NS(=O)(=O)c2cccc(Cl)c2)C(=O)OC(=O)C(F)(F)F)CC1. The number of thiol groups is 1. The van der Waals surface area contributed by atoms with Gasteiger partial charge in [-0.15, -0.1) is 0 Å². The van der Waals surface area contributed by atoms with E-state index in [1.165, 1.54) is 18.2 Å². The summed E-state index contributed by atoms with van der Waals surface area (Å²) in [5.74, 6) is -4.42. The van der Waals surface area contributed by atoms with Gasteiger partial charge in [0.15, 0.2) is 0 Å². The van der Waals surface area contributed by atoms with E-state index in [2.05, 4.69) is 17.4 Å². The molecule has 0 aromatic heterocycles. The number of nitrogens with zero attached hydrogens (tertiary/aromatic N) is 1. The van der Waals surface area contributed by atoms with Crippen LogP contribution in [0.3, 0.4) is 0 Å². The number of likely N-dealkylation sites (tertiary alicyclic amines) is 1. The summed E-state index contributed by atoms with van der Waals surface area (Å²) >= 11 is 10.2. The van der Waals surface area contributed by atoms with Crippen LogP contribution in [0.15, 0.2) is 29.2 Å². The van der Waals surface area contributed by atoms with Gasteiger partial charge in [0, 0.05) is 9.77 Å². The molecule has 0 amide bonds. The fraction of sp³-hybridized carbons (Fsp3) is 0.500. The fourth-order valence-corrected chi connectivity index (χ4v) is 4.76. The number of carbonyl (C=O) groups is 2. The highest BCUT2D eigenvalue weighted by molar-refractivity contribution is 7.89. The second-order valence-corrected chi connectivity index (χ2v) is 9.67. The van der Waals surface area contributed by atoms with Crippen molar-refractivity contribution < 1.29 is 35.9 Å². The lowest BCUT2D eigenvalue weighted by Crippen LogP contribution is -2.58. The molecule has 1 atom stereocenters. The van der Waals surface area contributed by atoms with Crippen molar-refractivity contribution in [2.24, 2.45) is 0 Å². The largest absolute Gasteiger partial charge is 0.491 e. The van der Waals surface area contributed by atoms with Crippen molar-refractivity contribution in [3.8, 4) is 0 Å². The van der Waals surface area contributed by atoms with E-state index in [1.54, 1.807) is 7.05 Å². The molecule has 7 nitrogen and oxygen atoms in total. The lowest BCUT2D eigenvalue weighted by molar-refractivity contribution is -0.202. The summed E-state index contributed by atoms with van der Waals surface area (Å²) in [7, 11) is -2.61. The van der Waals surface area contributed by atoms with Crippen LogP contribution in [0.1, 0.15) is 12.8 Å². The third-order valence-electron chi connectivity index (χ3n) is 4.43. The van der Waals surface area contributed by atoms with Crippen molar-refractivity contribution >= 4 is 46.2 Å². The average molecular weight is 475 g/mol. The maximum absolute atomic E-state index is 12.7. The van der Waals surface area contributed by atoms with Gasteiger partial charge in [0.2, 0.25) is 10.0 Å². The molecule has 1 aromatic rings. The molecule has 29 heavy (non-hydrogen) atoms. The molecule has 0 bridgehead atoms. The molecule has 0 saturated carbocycles. The minimum absolute atomic E-state index is 0.0964. The molecular weight excluding hydrogens is 457 g/mol.